The van der Waals surface area contributed by atoms with E-state index in [2.05, 4.69) is 14.9 Å². The molecule has 0 unspecified atom stereocenters. The minimum Gasteiger partial charge on any atom is -0.383 e. The van der Waals surface area contributed by atoms with Gasteiger partial charge < -0.3 is 19.5 Å². The van der Waals surface area contributed by atoms with E-state index < -0.39 is 10.0 Å². The summed E-state index contributed by atoms with van der Waals surface area (Å²) in [6.45, 7) is 1.37. The van der Waals surface area contributed by atoms with Crippen molar-refractivity contribution < 1.29 is 17.9 Å². The van der Waals surface area contributed by atoms with E-state index in [4.69, 9.17) is 4.74 Å². The van der Waals surface area contributed by atoms with Crippen LogP contribution in [0.4, 0.5) is 5.82 Å². The molecular weight excluding hydrogens is 466 g/mol. The highest BCUT2D eigenvalue weighted by atomic mass is 32.2. The number of rotatable bonds is 11. The predicted molar refractivity (Wildman–Crippen MR) is 137 cm³/mol. The first-order valence-corrected chi connectivity index (χ1v) is 13.1. The number of carbonyl (C=O) groups is 1. The number of sulfonamides is 1. The third-order valence-electron chi connectivity index (χ3n) is 6.37. The van der Waals surface area contributed by atoms with Crippen LogP contribution in [0, 0.1) is 5.92 Å². The highest BCUT2D eigenvalue weighted by molar-refractivity contribution is 7.89. The number of nitrogens with one attached hydrogen (secondary N) is 1. The van der Waals surface area contributed by atoms with E-state index in [0.717, 1.165) is 33.3 Å². The number of nitrogens with zero attached hydrogens (tertiary/aromatic N) is 4. The minimum atomic E-state index is -3.94. The van der Waals surface area contributed by atoms with E-state index in [1.54, 1.807) is 20.2 Å². The van der Waals surface area contributed by atoms with Crippen LogP contribution in [-0.4, -0.2) is 88.0 Å². The van der Waals surface area contributed by atoms with Crippen molar-refractivity contribution in [3.63, 3.8) is 0 Å². The molecule has 1 aliphatic rings. The predicted octanol–water partition coefficient (Wildman–Crippen LogP) is 2.80. The maximum Gasteiger partial charge on any atom is 0.244 e. The smallest absolute Gasteiger partial charge is 0.244 e. The number of hydrogen-bond acceptors (Lipinski definition) is 6. The molecule has 1 aromatic carbocycles. The van der Waals surface area contributed by atoms with Gasteiger partial charge in [0.15, 0.2) is 0 Å². The number of carbonyl (C=O) groups excluding carboxylic acids is 1. The molecule has 2 heterocycles. The Kier molecular flexibility index (Phi) is 7.44. The number of ether oxygens (including phenoxy) is 1. The molecule has 1 fully saturated rings. The van der Waals surface area contributed by atoms with Crippen molar-refractivity contribution in [2.24, 2.45) is 5.92 Å². The van der Waals surface area contributed by atoms with Gasteiger partial charge in [0.05, 0.1) is 18.8 Å². The maximum absolute atomic E-state index is 13.4. The van der Waals surface area contributed by atoms with Gasteiger partial charge >= 0.3 is 0 Å². The van der Waals surface area contributed by atoms with Crippen LogP contribution < -0.4 is 4.90 Å². The maximum atomic E-state index is 13.4. The van der Waals surface area contributed by atoms with Crippen LogP contribution in [0.2, 0.25) is 0 Å². The van der Waals surface area contributed by atoms with Gasteiger partial charge in [-0.1, -0.05) is 18.2 Å². The molecule has 0 radical (unpaired) electrons. The van der Waals surface area contributed by atoms with Gasteiger partial charge in [-0.15, -0.1) is 0 Å². The molecule has 1 aliphatic carbocycles. The highest BCUT2D eigenvalue weighted by Gasteiger charge is 2.28. The van der Waals surface area contributed by atoms with Crippen molar-refractivity contribution >= 4 is 32.7 Å². The molecule has 2 aromatic heterocycles. The van der Waals surface area contributed by atoms with E-state index in [0.29, 0.717) is 24.6 Å². The number of fused-ring (bicyclic) bond motifs is 1. The monoisotopic (exact) mass is 499 g/mol. The summed E-state index contributed by atoms with van der Waals surface area (Å²) in [6, 6.07) is 11.6. The lowest BCUT2D eigenvalue weighted by molar-refractivity contribution is -0.130. The molecule has 0 bridgehead atoms. The van der Waals surface area contributed by atoms with E-state index >= 15 is 0 Å². The average molecular weight is 500 g/mol. The van der Waals surface area contributed by atoms with Crippen LogP contribution in [0.3, 0.4) is 0 Å². The fraction of sp³-hybridized carbons (Fsp3) is 0.440. The second kappa shape index (κ2) is 10.3. The molecule has 0 aliphatic heterocycles. The number of pyridine rings is 1. The molecule has 0 saturated heterocycles. The summed E-state index contributed by atoms with van der Waals surface area (Å²) < 4.78 is 32.9. The van der Waals surface area contributed by atoms with Crippen LogP contribution in [0.1, 0.15) is 12.8 Å². The standard InChI is InChI=1S/C25H33N5O4S/c1-28(11-12-34-4)24(31)17-30(3)35(32,33)20-14-21(23-13-19-7-5-6-8-22(19)27-23)25(26-15-20)29(2)16-18-9-10-18/h5-8,13-15,18,27H,9-12,16-17H2,1-4H3. The largest absolute Gasteiger partial charge is 0.383 e. The third-order valence-corrected chi connectivity index (χ3v) is 8.14. The number of H-pyrrole nitrogens is 1. The Hall–Kier alpha value is -2.95. The number of aromatic nitrogens is 2. The SMILES string of the molecule is COCCN(C)C(=O)CN(C)S(=O)(=O)c1cnc(N(C)CC2CC2)c(-c2cc3ccccc3[nH]2)c1. The van der Waals surface area contributed by atoms with Gasteiger partial charge in [0.2, 0.25) is 15.9 Å². The number of benzene rings is 1. The van der Waals surface area contributed by atoms with Crippen LogP contribution in [-0.2, 0) is 19.6 Å². The number of anilines is 1. The molecule has 188 valence electrons. The molecule has 1 amide bonds. The molecule has 35 heavy (non-hydrogen) atoms. The molecule has 1 saturated carbocycles. The zero-order valence-corrected chi connectivity index (χ0v) is 21.5. The molecule has 4 rings (SSSR count). The van der Waals surface area contributed by atoms with Crippen molar-refractivity contribution in [2.75, 3.05) is 59.4 Å². The lowest BCUT2D eigenvalue weighted by Crippen LogP contribution is -2.40. The summed E-state index contributed by atoms with van der Waals surface area (Å²) >= 11 is 0. The Bertz CT molecular complexity index is 1270. The quantitative estimate of drug-likeness (QED) is 0.436. The molecule has 0 spiro atoms. The molecule has 0 atom stereocenters. The Labute approximate surface area is 206 Å². The summed E-state index contributed by atoms with van der Waals surface area (Å²) in [7, 11) is 2.64. The molecule has 3 aromatic rings. The summed E-state index contributed by atoms with van der Waals surface area (Å²) in [5.41, 5.74) is 2.47. The van der Waals surface area contributed by atoms with Gasteiger partial charge in [-0.2, -0.15) is 4.31 Å². The fourth-order valence-electron chi connectivity index (χ4n) is 4.00. The number of amides is 1. The lowest BCUT2D eigenvalue weighted by atomic mass is 10.1. The first kappa shape index (κ1) is 25.2. The first-order valence-electron chi connectivity index (χ1n) is 11.7. The number of likely N-dealkylation sites (N-methyl/N-ethyl adjacent to an activating group) is 2. The normalized spacial score (nSPS) is 14.0. The van der Waals surface area contributed by atoms with Gasteiger partial charge in [-0.25, -0.2) is 13.4 Å². The molecule has 1 N–H and O–H groups in total. The van der Waals surface area contributed by atoms with Gasteiger partial charge in [-0.05, 0) is 37.0 Å². The third kappa shape index (κ3) is 5.66. The molecule has 9 nitrogen and oxygen atoms in total. The van der Waals surface area contributed by atoms with Crippen molar-refractivity contribution in [3.8, 4) is 11.3 Å². The van der Waals surface area contributed by atoms with E-state index in [1.807, 2.05) is 37.4 Å². The van der Waals surface area contributed by atoms with E-state index in [-0.39, 0.29) is 17.3 Å². The van der Waals surface area contributed by atoms with Crippen molar-refractivity contribution in [1.82, 2.24) is 19.2 Å². The van der Waals surface area contributed by atoms with Crippen LogP contribution in [0.15, 0.2) is 47.5 Å². The van der Waals surface area contributed by atoms with Crippen molar-refractivity contribution in [2.45, 2.75) is 17.7 Å². The Morgan fingerprint density at radius 1 is 1.17 bits per heavy atom. The van der Waals surface area contributed by atoms with Gasteiger partial charge in [0, 0.05) is 64.0 Å². The Morgan fingerprint density at radius 3 is 2.60 bits per heavy atom. The average Bonchev–Trinajstić information content (AvgIpc) is 3.55. The van der Waals surface area contributed by atoms with Gasteiger partial charge in [0.1, 0.15) is 10.7 Å². The van der Waals surface area contributed by atoms with Crippen LogP contribution in [0.25, 0.3) is 22.2 Å². The zero-order valence-electron chi connectivity index (χ0n) is 20.7. The topological polar surface area (TPSA) is 98.8 Å². The lowest BCUT2D eigenvalue weighted by Gasteiger charge is -2.23. The summed E-state index contributed by atoms with van der Waals surface area (Å²) in [5, 5.41) is 1.04. The van der Waals surface area contributed by atoms with Gasteiger partial charge in [0.25, 0.3) is 0 Å². The first-order chi connectivity index (χ1) is 16.7. The molecule has 10 heteroatoms. The summed E-state index contributed by atoms with van der Waals surface area (Å²) in [4.78, 5) is 24.1. The second-order valence-electron chi connectivity index (χ2n) is 9.21. The number of methoxy groups -OCH3 is 1. The minimum absolute atomic E-state index is 0.0459. The number of aromatic amines is 1. The summed E-state index contributed by atoms with van der Waals surface area (Å²) in [5.74, 6) is 1.06. The Balaban J connectivity index is 1.67. The summed E-state index contributed by atoms with van der Waals surface area (Å²) in [6.07, 6.45) is 3.79. The second-order valence-corrected chi connectivity index (χ2v) is 11.3. The van der Waals surface area contributed by atoms with Gasteiger partial charge in [-0.3, -0.25) is 4.79 Å². The Morgan fingerprint density at radius 2 is 1.91 bits per heavy atom. The highest BCUT2D eigenvalue weighted by Crippen LogP contribution is 2.36. The van der Waals surface area contributed by atoms with Crippen molar-refractivity contribution in [1.29, 1.82) is 0 Å². The number of hydrogen-bond donors (Lipinski definition) is 1. The zero-order chi connectivity index (χ0) is 25.2. The van der Waals surface area contributed by atoms with Crippen LogP contribution >= 0.6 is 0 Å². The van der Waals surface area contributed by atoms with E-state index in [1.165, 1.54) is 31.0 Å². The molecular formula is C25H33N5O4S. The fourth-order valence-corrected chi connectivity index (χ4v) is 5.10. The van der Waals surface area contributed by atoms with Crippen LogP contribution in [0.5, 0.6) is 0 Å². The van der Waals surface area contributed by atoms with E-state index in [9.17, 15) is 13.2 Å². The van der Waals surface area contributed by atoms with Crippen molar-refractivity contribution in [3.05, 3.63) is 42.6 Å². The number of para-hydroxylation sites is 1.